The summed E-state index contributed by atoms with van der Waals surface area (Å²) >= 11 is 0. The Kier molecular flexibility index (Phi) is 74.4. The van der Waals surface area contributed by atoms with Gasteiger partial charge in [-0.05, 0) is 12.8 Å². The molecule has 0 aromatic rings. The van der Waals surface area contributed by atoms with Crippen LogP contribution in [-0.2, 0) is 32.7 Å². The number of ether oxygens (including phenoxy) is 2. The van der Waals surface area contributed by atoms with E-state index < -0.39 is 26.5 Å². The van der Waals surface area contributed by atoms with Crippen molar-refractivity contribution in [3.8, 4) is 0 Å². The third-order valence-corrected chi connectivity index (χ3v) is 20.8. The standard InChI is InChI=1S/C83H166NO8P/c1-6-8-10-12-14-16-18-20-22-24-26-28-30-32-34-36-38-40-41-42-44-46-48-50-52-54-56-58-60-62-64-66-68-70-72-74-76-83(86)92-81(80-91-93(87,88)90-78-77-84(3,4)5)79-89-82(85)75-73-71-69-67-65-63-61-59-57-55-53-51-49-47-45-43-39-37-35-33-31-29-27-25-23-21-19-17-15-13-11-9-7-2/h81H,6-80H2,1-5H3. The summed E-state index contributed by atoms with van der Waals surface area (Å²) < 4.78 is 34.5. The summed E-state index contributed by atoms with van der Waals surface area (Å²) in [7, 11) is 1.20. The van der Waals surface area contributed by atoms with Crippen LogP contribution in [-0.4, -0.2) is 70.0 Å². The third-order valence-electron chi connectivity index (χ3n) is 19.9. The molecule has 0 aliphatic heterocycles. The zero-order chi connectivity index (χ0) is 67.6. The van der Waals surface area contributed by atoms with Crippen LogP contribution in [0.5, 0.6) is 0 Å². The summed E-state index contributed by atoms with van der Waals surface area (Å²) in [6.07, 6.45) is 94.0. The first-order valence-corrected chi connectivity index (χ1v) is 43.7. The number of unbranched alkanes of at least 4 members (excludes halogenated alkanes) is 67. The predicted molar refractivity (Wildman–Crippen MR) is 402 cm³/mol. The van der Waals surface area contributed by atoms with E-state index in [2.05, 4.69) is 13.8 Å². The quantitative estimate of drug-likeness (QED) is 0.0256. The Morgan fingerprint density at radius 3 is 0.688 bits per heavy atom. The van der Waals surface area contributed by atoms with E-state index >= 15 is 0 Å². The van der Waals surface area contributed by atoms with Crippen LogP contribution in [0.2, 0.25) is 0 Å². The van der Waals surface area contributed by atoms with Gasteiger partial charge in [0.25, 0.3) is 7.82 Å². The first kappa shape index (κ1) is 92.0. The second kappa shape index (κ2) is 75.2. The van der Waals surface area contributed by atoms with Gasteiger partial charge in [-0.15, -0.1) is 0 Å². The highest BCUT2D eigenvalue weighted by atomic mass is 31.2. The lowest BCUT2D eigenvalue weighted by Crippen LogP contribution is -2.37. The number of nitrogens with zero attached hydrogens (tertiary/aromatic N) is 1. The molecule has 0 fully saturated rings. The highest BCUT2D eigenvalue weighted by Gasteiger charge is 2.22. The first-order chi connectivity index (χ1) is 45.5. The average molecular weight is 1340 g/mol. The molecule has 0 N–H and O–H groups in total. The van der Waals surface area contributed by atoms with Crippen molar-refractivity contribution in [3.63, 3.8) is 0 Å². The smallest absolute Gasteiger partial charge is 0.306 e. The van der Waals surface area contributed by atoms with Gasteiger partial charge in [0.15, 0.2) is 6.10 Å². The maximum absolute atomic E-state index is 12.9. The molecule has 0 rings (SSSR count). The fraction of sp³-hybridized carbons (Fsp3) is 0.976. The molecule has 9 nitrogen and oxygen atoms in total. The van der Waals surface area contributed by atoms with Crippen molar-refractivity contribution in [2.24, 2.45) is 0 Å². The van der Waals surface area contributed by atoms with Crippen LogP contribution in [0.15, 0.2) is 0 Å². The summed E-state index contributed by atoms with van der Waals surface area (Å²) in [5, 5.41) is 0. The maximum Gasteiger partial charge on any atom is 0.306 e. The normalized spacial score (nSPS) is 12.9. The molecule has 0 saturated heterocycles. The SMILES string of the molecule is CCCCCCCCCCCCCCCCCCCCCCCCCCCCCCCCCCCCCCC(=O)OC(COC(=O)CCCCCCCCCCCCCCCCCCCCCCCCCCCCCCCCCCC)COP(=O)([O-])OCC[N+](C)(C)C. The van der Waals surface area contributed by atoms with Gasteiger partial charge in [-0.3, -0.25) is 14.2 Å². The number of carbonyl (C=O) groups excluding carboxylic acids is 2. The Balaban J connectivity index is 3.85. The Bertz CT molecular complexity index is 1520. The van der Waals surface area contributed by atoms with Gasteiger partial charge in [-0.2, -0.15) is 0 Å². The topological polar surface area (TPSA) is 111 Å². The molecule has 0 amide bonds. The molecule has 0 spiro atoms. The number of quaternary nitrogens is 1. The van der Waals surface area contributed by atoms with E-state index in [0.717, 1.165) is 32.1 Å². The van der Waals surface area contributed by atoms with Gasteiger partial charge >= 0.3 is 11.9 Å². The fourth-order valence-corrected chi connectivity index (χ4v) is 14.2. The molecule has 10 heteroatoms. The molecule has 2 unspecified atom stereocenters. The Hall–Kier alpha value is -0.990. The molecule has 556 valence electrons. The van der Waals surface area contributed by atoms with E-state index in [0.29, 0.717) is 17.4 Å². The number of phosphoric ester groups is 1. The maximum atomic E-state index is 12.9. The summed E-state index contributed by atoms with van der Waals surface area (Å²) in [5.41, 5.74) is 0. The Labute approximate surface area is 582 Å². The van der Waals surface area contributed by atoms with Crippen molar-refractivity contribution >= 4 is 19.8 Å². The molecule has 0 aliphatic rings. The molecule has 0 radical (unpaired) electrons. The van der Waals surface area contributed by atoms with Crippen molar-refractivity contribution in [1.82, 2.24) is 0 Å². The summed E-state index contributed by atoms with van der Waals surface area (Å²) in [6, 6.07) is 0. The number of hydrogen-bond donors (Lipinski definition) is 0. The average Bonchev–Trinajstić information content (AvgIpc) is 2.61. The second-order valence-corrected chi connectivity index (χ2v) is 32.0. The van der Waals surface area contributed by atoms with E-state index in [4.69, 9.17) is 18.5 Å². The van der Waals surface area contributed by atoms with Crippen molar-refractivity contribution in [2.45, 2.75) is 476 Å². The lowest BCUT2D eigenvalue weighted by molar-refractivity contribution is -0.870. The summed E-state index contributed by atoms with van der Waals surface area (Å²) in [4.78, 5) is 38.2. The van der Waals surface area contributed by atoms with E-state index in [1.165, 1.54) is 405 Å². The lowest BCUT2D eigenvalue weighted by Gasteiger charge is -2.28. The van der Waals surface area contributed by atoms with Gasteiger partial charge in [0.2, 0.25) is 0 Å². The van der Waals surface area contributed by atoms with Crippen LogP contribution in [0.3, 0.4) is 0 Å². The van der Waals surface area contributed by atoms with Crippen LogP contribution in [0.1, 0.15) is 470 Å². The molecule has 0 saturated carbocycles. The molecule has 0 aliphatic carbocycles. The summed E-state index contributed by atoms with van der Waals surface area (Å²) in [5.74, 6) is -0.799. The van der Waals surface area contributed by atoms with Gasteiger partial charge < -0.3 is 27.9 Å². The molecule has 93 heavy (non-hydrogen) atoms. The Morgan fingerprint density at radius 1 is 0.290 bits per heavy atom. The third kappa shape index (κ3) is 79.9. The number of phosphoric acid groups is 1. The van der Waals surface area contributed by atoms with Crippen LogP contribution in [0, 0.1) is 0 Å². The molecule has 0 bridgehead atoms. The van der Waals surface area contributed by atoms with Crippen LogP contribution >= 0.6 is 7.82 Å². The second-order valence-electron chi connectivity index (χ2n) is 30.6. The van der Waals surface area contributed by atoms with Crippen LogP contribution < -0.4 is 4.89 Å². The lowest BCUT2D eigenvalue weighted by atomic mass is 10.0. The number of rotatable bonds is 81. The Morgan fingerprint density at radius 2 is 0.484 bits per heavy atom. The number of hydrogen-bond acceptors (Lipinski definition) is 8. The van der Waals surface area contributed by atoms with Gasteiger partial charge in [-0.1, -0.05) is 444 Å². The van der Waals surface area contributed by atoms with E-state index in [1.54, 1.807) is 0 Å². The van der Waals surface area contributed by atoms with Crippen molar-refractivity contribution in [2.75, 3.05) is 47.5 Å². The fourth-order valence-electron chi connectivity index (χ4n) is 13.4. The van der Waals surface area contributed by atoms with E-state index in [1.807, 2.05) is 21.1 Å². The van der Waals surface area contributed by atoms with Gasteiger partial charge in [0, 0.05) is 12.8 Å². The zero-order valence-electron chi connectivity index (χ0n) is 63.8. The van der Waals surface area contributed by atoms with Crippen molar-refractivity contribution < 1.29 is 42.1 Å². The molecular formula is C83H166NO8P. The van der Waals surface area contributed by atoms with E-state index in [9.17, 15) is 19.0 Å². The van der Waals surface area contributed by atoms with Gasteiger partial charge in [0.05, 0.1) is 27.7 Å². The highest BCUT2D eigenvalue weighted by molar-refractivity contribution is 7.45. The van der Waals surface area contributed by atoms with E-state index in [-0.39, 0.29) is 32.0 Å². The predicted octanol–water partition coefficient (Wildman–Crippen LogP) is 27.4. The van der Waals surface area contributed by atoms with Gasteiger partial charge in [0.1, 0.15) is 19.8 Å². The molecule has 2 atom stereocenters. The van der Waals surface area contributed by atoms with Crippen LogP contribution in [0.4, 0.5) is 0 Å². The zero-order valence-corrected chi connectivity index (χ0v) is 64.7. The minimum Gasteiger partial charge on any atom is -0.756 e. The molecule has 0 aromatic heterocycles. The molecule has 0 heterocycles. The van der Waals surface area contributed by atoms with Gasteiger partial charge in [-0.25, -0.2) is 0 Å². The number of carbonyl (C=O) groups is 2. The number of likely N-dealkylation sites (N-methyl/N-ethyl adjacent to an activating group) is 1. The summed E-state index contributed by atoms with van der Waals surface area (Å²) in [6.45, 7) is 4.36. The monoisotopic (exact) mass is 1340 g/mol. The number of esters is 2. The van der Waals surface area contributed by atoms with Crippen molar-refractivity contribution in [3.05, 3.63) is 0 Å². The largest absolute Gasteiger partial charge is 0.756 e. The minimum absolute atomic E-state index is 0.0246. The molecular weight excluding hydrogens is 1170 g/mol. The van der Waals surface area contributed by atoms with Crippen molar-refractivity contribution in [1.29, 1.82) is 0 Å². The minimum atomic E-state index is -4.64. The highest BCUT2D eigenvalue weighted by Crippen LogP contribution is 2.38. The molecule has 0 aromatic carbocycles. The van der Waals surface area contributed by atoms with Crippen LogP contribution in [0.25, 0.3) is 0 Å². The first-order valence-electron chi connectivity index (χ1n) is 42.2.